The van der Waals surface area contributed by atoms with Crippen LogP contribution in [0.3, 0.4) is 0 Å². The van der Waals surface area contributed by atoms with Crippen molar-refractivity contribution in [2.75, 3.05) is 19.7 Å². The predicted octanol–water partition coefficient (Wildman–Crippen LogP) is -1.70. The molecule has 1 atom stereocenters. The van der Waals surface area contributed by atoms with Gasteiger partial charge in [-0.1, -0.05) is 0 Å². The molecule has 1 aromatic rings. The molecule has 0 radical (unpaired) electrons. The van der Waals surface area contributed by atoms with E-state index in [1.807, 2.05) is 11.6 Å². The first-order chi connectivity index (χ1) is 6.74. The van der Waals surface area contributed by atoms with E-state index in [0.29, 0.717) is 13.1 Å². The predicted molar refractivity (Wildman–Crippen MR) is 50.7 cm³/mol. The molecule has 80 valence electrons. The summed E-state index contributed by atoms with van der Waals surface area (Å²) in [4.78, 5) is 0. The third-order valence-corrected chi connectivity index (χ3v) is 1.92. The van der Waals surface area contributed by atoms with Gasteiger partial charge >= 0.3 is 0 Å². The van der Waals surface area contributed by atoms with E-state index in [1.165, 1.54) is 0 Å². The highest BCUT2D eigenvalue weighted by Gasteiger charge is 2.02. The lowest BCUT2D eigenvalue weighted by Crippen LogP contribution is -2.31. The minimum atomic E-state index is -0.686. The van der Waals surface area contributed by atoms with Crippen LogP contribution in [0, 0.1) is 0 Å². The number of hydrogen-bond donors (Lipinski definition) is 3. The van der Waals surface area contributed by atoms with Gasteiger partial charge in [-0.05, 0) is 0 Å². The number of hydrogen-bond acceptors (Lipinski definition) is 5. The Kier molecular flexibility index (Phi) is 4.51. The van der Waals surface area contributed by atoms with E-state index in [1.54, 1.807) is 6.33 Å². The van der Waals surface area contributed by atoms with Gasteiger partial charge in [0.25, 0.3) is 0 Å². The molecule has 6 heteroatoms. The van der Waals surface area contributed by atoms with Crippen molar-refractivity contribution in [3.63, 3.8) is 0 Å². The second-order valence-corrected chi connectivity index (χ2v) is 3.15. The molecule has 0 amide bonds. The van der Waals surface area contributed by atoms with Gasteiger partial charge < -0.3 is 20.1 Å². The van der Waals surface area contributed by atoms with E-state index >= 15 is 0 Å². The number of aliphatic hydroxyl groups is 2. The van der Waals surface area contributed by atoms with E-state index in [2.05, 4.69) is 15.5 Å². The third-order valence-electron chi connectivity index (χ3n) is 1.92. The summed E-state index contributed by atoms with van der Waals surface area (Å²) < 4.78 is 1.85. The van der Waals surface area contributed by atoms with Gasteiger partial charge in [0, 0.05) is 26.6 Å². The highest BCUT2D eigenvalue weighted by Crippen LogP contribution is 1.91. The molecular formula is C8H16N4O2. The molecule has 0 unspecified atom stereocenters. The van der Waals surface area contributed by atoms with Crippen molar-refractivity contribution in [2.24, 2.45) is 7.05 Å². The highest BCUT2D eigenvalue weighted by molar-refractivity contribution is 4.84. The summed E-state index contributed by atoms with van der Waals surface area (Å²) in [6, 6.07) is 0. The molecule has 0 aliphatic rings. The number of nitrogens with zero attached hydrogens (tertiary/aromatic N) is 3. The van der Waals surface area contributed by atoms with E-state index in [9.17, 15) is 0 Å². The fourth-order valence-electron chi connectivity index (χ4n) is 1.07. The molecule has 14 heavy (non-hydrogen) atoms. The minimum absolute atomic E-state index is 0.211. The van der Waals surface area contributed by atoms with Crippen molar-refractivity contribution < 1.29 is 10.2 Å². The van der Waals surface area contributed by atoms with E-state index in [0.717, 1.165) is 12.2 Å². The van der Waals surface area contributed by atoms with Gasteiger partial charge in [0.2, 0.25) is 0 Å². The largest absolute Gasteiger partial charge is 0.394 e. The van der Waals surface area contributed by atoms with Crippen molar-refractivity contribution in [1.82, 2.24) is 20.1 Å². The first kappa shape index (κ1) is 11.1. The summed E-state index contributed by atoms with van der Waals surface area (Å²) in [5, 5.41) is 28.2. The molecule has 1 aromatic heterocycles. The Morgan fingerprint density at radius 3 is 3.00 bits per heavy atom. The van der Waals surface area contributed by atoms with Gasteiger partial charge in [-0.15, -0.1) is 10.2 Å². The molecule has 0 saturated carbocycles. The topological polar surface area (TPSA) is 83.2 Å². The zero-order valence-electron chi connectivity index (χ0n) is 8.22. The number of aliphatic hydroxyl groups excluding tert-OH is 2. The van der Waals surface area contributed by atoms with Crippen LogP contribution in [0.4, 0.5) is 0 Å². The van der Waals surface area contributed by atoms with Gasteiger partial charge in [0.05, 0.1) is 12.7 Å². The Hall–Kier alpha value is -0.980. The zero-order valence-corrected chi connectivity index (χ0v) is 8.22. The van der Waals surface area contributed by atoms with Crippen molar-refractivity contribution in [1.29, 1.82) is 0 Å². The second-order valence-electron chi connectivity index (χ2n) is 3.15. The van der Waals surface area contributed by atoms with Gasteiger partial charge in [0.15, 0.2) is 0 Å². The summed E-state index contributed by atoms with van der Waals surface area (Å²) in [6.45, 7) is 0.898. The number of aromatic nitrogens is 3. The standard InChI is InChI=1S/C8H16N4O2/c1-12-6-10-11-8(12)2-3-9-4-7(14)5-13/h6-7,9,13-14H,2-5H2,1H3/t7-/m0/s1. The van der Waals surface area contributed by atoms with Gasteiger partial charge in [-0.2, -0.15) is 0 Å². The third kappa shape index (κ3) is 3.41. The van der Waals surface area contributed by atoms with Crippen LogP contribution in [0.1, 0.15) is 5.82 Å². The van der Waals surface area contributed by atoms with Crippen molar-refractivity contribution >= 4 is 0 Å². The fourth-order valence-corrected chi connectivity index (χ4v) is 1.07. The van der Waals surface area contributed by atoms with Gasteiger partial charge in [0.1, 0.15) is 12.2 Å². The first-order valence-corrected chi connectivity index (χ1v) is 4.56. The van der Waals surface area contributed by atoms with Crippen LogP contribution >= 0.6 is 0 Å². The smallest absolute Gasteiger partial charge is 0.133 e. The van der Waals surface area contributed by atoms with E-state index < -0.39 is 6.10 Å². The number of nitrogens with one attached hydrogen (secondary N) is 1. The molecule has 1 rings (SSSR count). The summed E-state index contributed by atoms with van der Waals surface area (Å²) in [5.74, 6) is 0.899. The Balaban J connectivity index is 2.13. The minimum Gasteiger partial charge on any atom is -0.394 e. The van der Waals surface area contributed by atoms with Crippen LogP contribution in [0.25, 0.3) is 0 Å². The molecule has 6 nitrogen and oxygen atoms in total. The molecule has 0 aliphatic heterocycles. The highest BCUT2D eigenvalue weighted by atomic mass is 16.3. The van der Waals surface area contributed by atoms with Crippen molar-refractivity contribution in [3.8, 4) is 0 Å². The lowest BCUT2D eigenvalue weighted by Gasteiger charge is -2.08. The van der Waals surface area contributed by atoms with Crippen LogP contribution in [-0.2, 0) is 13.5 Å². The van der Waals surface area contributed by atoms with Crippen molar-refractivity contribution in [3.05, 3.63) is 12.2 Å². The molecule has 0 aliphatic carbocycles. The van der Waals surface area contributed by atoms with Crippen LogP contribution in [0.5, 0.6) is 0 Å². The van der Waals surface area contributed by atoms with E-state index in [-0.39, 0.29) is 6.61 Å². The fraction of sp³-hybridized carbons (Fsp3) is 0.750. The summed E-state index contributed by atoms with van der Waals surface area (Å²) in [6.07, 6.45) is 1.72. The molecule has 0 aromatic carbocycles. The summed E-state index contributed by atoms with van der Waals surface area (Å²) in [5.41, 5.74) is 0. The maximum absolute atomic E-state index is 9.02. The molecule has 0 fully saturated rings. The first-order valence-electron chi connectivity index (χ1n) is 4.56. The SMILES string of the molecule is Cn1cnnc1CCNC[C@H](O)CO. The van der Waals surface area contributed by atoms with Gasteiger partial charge in [-0.3, -0.25) is 0 Å². The number of rotatable bonds is 6. The summed E-state index contributed by atoms with van der Waals surface area (Å²) in [7, 11) is 1.89. The second kappa shape index (κ2) is 5.69. The van der Waals surface area contributed by atoms with Gasteiger partial charge in [-0.25, -0.2) is 0 Å². The Labute approximate surface area is 82.6 Å². The summed E-state index contributed by atoms with van der Waals surface area (Å²) >= 11 is 0. The molecule has 1 heterocycles. The lowest BCUT2D eigenvalue weighted by atomic mass is 10.3. The molecule has 0 bridgehead atoms. The zero-order chi connectivity index (χ0) is 10.4. The molecular weight excluding hydrogens is 184 g/mol. The maximum Gasteiger partial charge on any atom is 0.133 e. The Bertz CT molecular complexity index is 264. The number of aryl methyl sites for hydroxylation is 1. The van der Waals surface area contributed by atoms with Crippen molar-refractivity contribution in [2.45, 2.75) is 12.5 Å². The van der Waals surface area contributed by atoms with Crippen LogP contribution in [0.2, 0.25) is 0 Å². The average molecular weight is 200 g/mol. The maximum atomic E-state index is 9.02. The van der Waals surface area contributed by atoms with Crippen LogP contribution < -0.4 is 5.32 Å². The monoisotopic (exact) mass is 200 g/mol. The Morgan fingerprint density at radius 2 is 2.43 bits per heavy atom. The van der Waals surface area contributed by atoms with E-state index in [4.69, 9.17) is 10.2 Å². The average Bonchev–Trinajstić information content (AvgIpc) is 2.58. The lowest BCUT2D eigenvalue weighted by molar-refractivity contribution is 0.0946. The molecule has 0 spiro atoms. The molecule has 3 N–H and O–H groups in total. The normalized spacial score (nSPS) is 13.1. The van der Waals surface area contributed by atoms with Crippen LogP contribution in [-0.4, -0.2) is 50.8 Å². The molecule has 0 saturated heterocycles. The van der Waals surface area contributed by atoms with Crippen LogP contribution in [0.15, 0.2) is 6.33 Å². The Morgan fingerprint density at radius 1 is 1.64 bits per heavy atom. The quantitative estimate of drug-likeness (QED) is 0.477.